The van der Waals surface area contributed by atoms with Crippen LogP contribution in [0.1, 0.15) is 52.4 Å². The number of hydrogen-bond donors (Lipinski definition) is 2. The summed E-state index contributed by atoms with van der Waals surface area (Å²) in [4.78, 5) is 11.4. The van der Waals surface area contributed by atoms with Crippen LogP contribution in [0.3, 0.4) is 0 Å². The molecule has 3 nitrogen and oxygen atoms in total. The van der Waals surface area contributed by atoms with E-state index in [4.69, 9.17) is 0 Å². The Labute approximate surface area is 106 Å². The Kier molecular flexibility index (Phi) is 7.25. The molecule has 0 aromatic heterocycles. The SMILES string of the molecule is CCCNC(=O)CCNCC1CCCC(C)C1. The summed E-state index contributed by atoms with van der Waals surface area (Å²) < 4.78 is 0. The third-order valence-electron chi connectivity index (χ3n) is 3.58. The molecule has 1 aliphatic carbocycles. The molecule has 2 atom stereocenters. The van der Waals surface area contributed by atoms with E-state index < -0.39 is 0 Å². The highest BCUT2D eigenvalue weighted by molar-refractivity contribution is 5.75. The molecule has 17 heavy (non-hydrogen) atoms. The summed E-state index contributed by atoms with van der Waals surface area (Å²) in [6.07, 6.45) is 7.12. The van der Waals surface area contributed by atoms with E-state index in [0.29, 0.717) is 6.42 Å². The lowest BCUT2D eigenvalue weighted by atomic mass is 9.82. The minimum Gasteiger partial charge on any atom is -0.356 e. The molecule has 0 spiro atoms. The minimum atomic E-state index is 0.177. The van der Waals surface area contributed by atoms with E-state index in [9.17, 15) is 4.79 Å². The van der Waals surface area contributed by atoms with Crippen molar-refractivity contribution in [3.63, 3.8) is 0 Å². The lowest BCUT2D eigenvalue weighted by molar-refractivity contribution is -0.120. The van der Waals surface area contributed by atoms with Crippen LogP contribution in [0.5, 0.6) is 0 Å². The van der Waals surface area contributed by atoms with Crippen LogP contribution in [0.25, 0.3) is 0 Å². The number of carbonyl (C=O) groups excluding carboxylic acids is 1. The van der Waals surface area contributed by atoms with Crippen LogP contribution in [0.15, 0.2) is 0 Å². The lowest BCUT2D eigenvalue weighted by Crippen LogP contribution is -2.31. The highest BCUT2D eigenvalue weighted by Gasteiger charge is 2.18. The van der Waals surface area contributed by atoms with Gasteiger partial charge in [0, 0.05) is 19.5 Å². The van der Waals surface area contributed by atoms with Gasteiger partial charge in [0.05, 0.1) is 0 Å². The molecule has 0 aliphatic heterocycles. The maximum absolute atomic E-state index is 11.4. The highest BCUT2D eigenvalue weighted by atomic mass is 16.1. The molecule has 2 N–H and O–H groups in total. The van der Waals surface area contributed by atoms with Gasteiger partial charge >= 0.3 is 0 Å². The topological polar surface area (TPSA) is 41.1 Å². The number of rotatable bonds is 7. The van der Waals surface area contributed by atoms with Crippen molar-refractivity contribution in [2.75, 3.05) is 19.6 Å². The van der Waals surface area contributed by atoms with Gasteiger partial charge in [0.15, 0.2) is 0 Å². The Bertz CT molecular complexity index is 218. The van der Waals surface area contributed by atoms with Gasteiger partial charge in [0.1, 0.15) is 0 Å². The Hall–Kier alpha value is -0.570. The number of carbonyl (C=O) groups is 1. The van der Waals surface area contributed by atoms with Gasteiger partial charge in [-0.3, -0.25) is 4.79 Å². The predicted molar refractivity (Wildman–Crippen MR) is 71.9 cm³/mol. The Morgan fingerprint density at radius 2 is 2.12 bits per heavy atom. The molecular formula is C14H28N2O. The second-order valence-corrected chi connectivity index (χ2v) is 5.44. The van der Waals surface area contributed by atoms with Gasteiger partial charge in [-0.15, -0.1) is 0 Å². The first-order valence-corrected chi connectivity index (χ1v) is 7.19. The second-order valence-electron chi connectivity index (χ2n) is 5.44. The summed E-state index contributed by atoms with van der Waals surface area (Å²) in [6.45, 7) is 7.14. The smallest absolute Gasteiger partial charge is 0.221 e. The van der Waals surface area contributed by atoms with Gasteiger partial charge in [0.2, 0.25) is 5.91 Å². The summed E-state index contributed by atoms with van der Waals surface area (Å²) >= 11 is 0. The van der Waals surface area contributed by atoms with Crippen molar-refractivity contribution >= 4 is 5.91 Å². The van der Waals surface area contributed by atoms with E-state index >= 15 is 0 Å². The van der Waals surface area contributed by atoms with Crippen LogP contribution in [0.2, 0.25) is 0 Å². The summed E-state index contributed by atoms with van der Waals surface area (Å²) in [7, 11) is 0. The van der Waals surface area contributed by atoms with Gasteiger partial charge < -0.3 is 10.6 Å². The Morgan fingerprint density at radius 3 is 2.82 bits per heavy atom. The average molecular weight is 240 g/mol. The van der Waals surface area contributed by atoms with Crippen molar-refractivity contribution in [1.82, 2.24) is 10.6 Å². The van der Waals surface area contributed by atoms with Gasteiger partial charge in [-0.1, -0.05) is 26.7 Å². The zero-order chi connectivity index (χ0) is 12.5. The van der Waals surface area contributed by atoms with E-state index in [-0.39, 0.29) is 5.91 Å². The zero-order valence-corrected chi connectivity index (χ0v) is 11.4. The number of hydrogen-bond acceptors (Lipinski definition) is 2. The molecule has 100 valence electrons. The van der Waals surface area contributed by atoms with E-state index in [1.807, 2.05) is 0 Å². The summed E-state index contributed by atoms with van der Waals surface area (Å²) in [5.41, 5.74) is 0. The maximum atomic E-state index is 11.4. The van der Waals surface area contributed by atoms with Crippen LogP contribution in [-0.4, -0.2) is 25.5 Å². The molecule has 1 amide bonds. The monoisotopic (exact) mass is 240 g/mol. The first-order chi connectivity index (χ1) is 8.22. The molecule has 0 aromatic carbocycles. The summed E-state index contributed by atoms with van der Waals surface area (Å²) in [6, 6.07) is 0. The fourth-order valence-corrected chi connectivity index (χ4v) is 2.61. The second kappa shape index (κ2) is 8.51. The zero-order valence-electron chi connectivity index (χ0n) is 11.4. The van der Waals surface area contributed by atoms with Crippen LogP contribution in [0.4, 0.5) is 0 Å². The van der Waals surface area contributed by atoms with E-state index in [1.165, 1.54) is 25.7 Å². The molecule has 2 unspecified atom stereocenters. The molecule has 1 rings (SSSR count). The third-order valence-corrected chi connectivity index (χ3v) is 3.58. The van der Waals surface area contributed by atoms with Crippen molar-refractivity contribution in [1.29, 1.82) is 0 Å². The van der Waals surface area contributed by atoms with Crippen molar-refractivity contribution in [3.05, 3.63) is 0 Å². The van der Waals surface area contributed by atoms with Crippen LogP contribution in [0, 0.1) is 11.8 Å². The van der Waals surface area contributed by atoms with Gasteiger partial charge in [-0.05, 0) is 37.6 Å². The molecular weight excluding hydrogens is 212 g/mol. The van der Waals surface area contributed by atoms with E-state index in [0.717, 1.165) is 37.9 Å². The standard InChI is InChI=1S/C14H28N2O/c1-3-8-16-14(17)7-9-15-11-13-6-4-5-12(2)10-13/h12-13,15H,3-11H2,1-2H3,(H,16,17). The van der Waals surface area contributed by atoms with Gasteiger partial charge in [-0.25, -0.2) is 0 Å². The average Bonchev–Trinajstić information content (AvgIpc) is 2.32. The third kappa shape index (κ3) is 6.67. The van der Waals surface area contributed by atoms with E-state index in [1.54, 1.807) is 0 Å². The fraction of sp³-hybridized carbons (Fsp3) is 0.929. The highest BCUT2D eigenvalue weighted by Crippen LogP contribution is 2.27. The predicted octanol–water partition coefficient (Wildman–Crippen LogP) is 2.32. The molecule has 0 saturated heterocycles. The van der Waals surface area contributed by atoms with Gasteiger partial charge in [-0.2, -0.15) is 0 Å². The molecule has 3 heteroatoms. The molecule has 0 radical (unpaired) electrons. The van der Waals surface area contributed by atoms with Gasteiger partial charge in [0.25, 0.3) is 0 Å². The quantitative estimate of drug-likeness (QED) is 0.671. The largest absolute Gasteiger partial charge is 0.356 e. The number of nitrogens with one attached hydrogen (secondary N) is 2. The summed E-state index contributed by atoms with van der Waals surface area (Å²) in [5.74, 6) is 1.90. The first-order valence-electron chi connectivity index (χ1n) is 7.19. The van der Waals surface area contributed by atoms with Crippen LogP contribution < -0.4 is 10.6 Å². The normalized spacial score (nSPS) is 24.6. The molecule has 1 fully saturated rings. The Balaban J connectivity index is 1.98. The van der Waals surface area contributed by atoms with Crippen molar-refractivity contribution < 1.29 is 4.79 Å². The van der Waals surface area contributed by atoms with Crippen molar-refractivity contribution in [3.8, 4) is 0 Å². The van der Waals surface area contributed by atoms with Crippen LogP contribution in [-0.2, 0) is 4.79 Å². The van der Waals surface area contributed by atoms with E-state index in [2.05, 4.69) is 24.5 Å². The Morgan fingerprint density at radius 1 is 1.29 bits per heavy atom. The molecule has 0 bridgehead atoms. The van der Waals surface area contributed by atoms with Crippen LogP contribution >= 0.6 is 0 Å². The minimum absolute atomic E-state index is 0.177. The van der Waals surface area contributed by atoms with Crippen molar-refractivity contribution in [2.45, 2.75) is 52.4 Å². The maximum Gasteiger partial charge on any atom is 0.221 e. The molecule has 1 saturated carbocycles. The number of amides is 1. The summed E-state index contributed by atoms with van der Waals surface area (Å²) in [5, 5.41) is 6.32. The fourth-order valence-electron chi connectivity index (χ4n) is 2.61. The lowest BCUT2D eigenvalue weighted by Gasteiger charge is -2.26. The van der Waals surface area contributed by atoms with Crippen molar-refractivity contribution in [2.24, 2.45) is 11.8 Å². The molecule has 1 aliphatic rings. The molecule has 0 heterocycles. The molecule has 0 aromatic rings. The first kappa shape index (κ1) is 14.5.